The van der Waals surface area contributed by atoms with E-state index in [0.717, 1.165) is 5.56 Å². The number of nitrogens with one attached hydrogen (secondary N) is 2. The zero-order valence-electron chi connectivity index (χ0n) is 13.6. The summed E-state index contributed by atoms with van der Waals surface area (Å²) in [6.07, 6.45) is 2.97. The first-order valence-electron chi connectivity index (χ1n) is 7.52. The molecule has 2 aromatic rings. The molecule has 0 radical (unpaired) electrons. The average molecular weight is 328 g/mol. The van der Waals surface area contributed by atoms with Gasteiger partial charge in [0.1, 0.15) is 6.61 Å². The van der Waals surface area contributed by atoms with Crippen molar-refractivity contribution in [3.8, 4) is 0 Å². The number of carbonyl (C=O) groups excluding carboxylic acids is 1. The smallest absolute Gasteiger partial charge is 0.407 e. The Morgan fingerprint density at radius 1 is 1.25 bits per heavy atom. The maximum Gasteiger partial charge on any atom is 0.407 e. The minimum atomic E-state index is -0.955. The summed E-state index contributed by atoms with van der Waals surface area (Å²) in [5, 5.41) is 11.7. The van der Waals surface area contributed by atoms with E-state index in [4.69, 9.17) is 9.84 Å². The molecule has 0 atom stereocenters. The van der Waals surface area contributed by atoms with Gasteiger partial charge in [0.2, 0.25) is 0 Å². The fourth-order valence-electron chi connectivity index (χ4n) is 2.35. The predicted molar refractivity (Wildman–Crippen MR) is 90.9 cm³/mol. The second-order valence-corrected chi connectivity index (χ2v) is 5.31. The molecule has 1 amide bonds. The van der Waals surface area contributed by atoms with E-state index in [0.29, 0.717) is 17.0 Å². The molecule has 0 saturated heterocycles. The van der Waals surface area contributed by atoms with Crippen LogP contribution in [0.3, 0.4) is 0 Å². The average Bonchev–Trinajstić information content (AvgIpc) is 2.84. The minimum absolute atomic E-state index is 0.216. The Hall–Kier alpha value is -3.02. The molecular formula is C18H20N2O4. The number of amides is 1. The van der Waals surface area contributed by atoms with E-state index in [1.165, 1.54) is 0 Å². The van der Waals surface area contributed by atoms with Crippen LogP contribution in [0.1, 0.15) is 32.9 Å². The Balaban J connectivity index is 1.81. The van der Waals surface area contributed by atoms with Crippen molar-refractivity contribution in [2.45, 2.75) is 20.5 Å². The molecule has 1 heterocycles. The predicted octanol–water partition coefficient (Wildman–Crippen LogP) is 3.27. The van der Waals surface area contributed by atoms with Gasteiger partial charge in [0.15, 0.2) is 0 Å². The molecule has 0 aliphatic heterocycles. The topological polar surface area (TPSA) is 91.4 Å². The molecule has 0 aliphatic rings. The second-order valence-electron chi connectivity index (χ2n) is 5.31. The molecule has 1 aromatic heterocycles. The number of hydrogen-bond acceptors (Lipinski definition) is 3. The van der Waals surface area contributed by atoms with Crippen LogP contribution in [0.5, 0.6) is 0 Å². The summed E-state index contributed by atoms with van der Waals surface area (Å²) >= 11 is 0. The van der Waals surface area contributed by atoms with Crippen LogP contribution in [0.4, 0.5) is 4.79 Å². The number of H-pyrrole nitrogens is 1. The summed E-state index contributed by atoms with van der Waals surface area (Å²) in [5.41, 5.74) is 3.19. The van der Waals surface area contributed by atoms with E-state index in [9.17, 15) is 9.59 Å². The van der Waals surface area contributed by atoms with Gasteiger partial charge < -0.3 is 20.1 Å². The van der Waals surface area contributed by atoms with Crippen molar-refractivity contribution in [1.29, 1.82) is 0 Å². The first kappa shape index (κ1) is 17.3. The minimum Gasteiger partial charge on any atom is -0.478 e. The van der Waals surface area contributed by atoms with E-state index < -0.39 is 12.1 Å². The first-order valence-corrected chi connectivity index (χ1v) is 7.52. The van der Waals surface area contributed by atoms with E-state index >= 15 is 0 Å². The molecule has 3 N–H and O–H groups in total. The monoisotopic (exact) mass is 328 g/mol. The van der Waals surface area contributed by atoms with Gasteiger partial charge in [-0.15, -0.1) is 0 Å². The molecule has 0 bridgehead atoms. The maximum atomic E-state index is 11.6. The van der Waals surface area contributed by atoms with E-state index in [2.05, 4.69) is 10.3 Å². The zero-order valence-corrected chi connectivity index (χ0v) is 13.6. The van der Waals surface area contributed by atoms with Gasteiger partial charge >= 0.3 is 12.1 Å². The van der Waals surface area contributed by atoms with Gasteiger partial charge in [-0.25, -0.2) is 9.59 Å². The first-order chi connectivity index (χ1) is 11.5. The largest absolute Gasteiger partial charge is 0.478 e. The molecule has 0 fully saturated rings. The molecule has 6 heteroatoms. The van der Waals surface area contributed by atoms with E-state index in [1.54, 1.807) is 26.0 Å². The molecule has 0 aliphatic carbocycles. The molecule has 24 heavy (non-hydrogen) atoms. The summed E-state index contributed by atoms with van der Waals surface area (Å²) in [7, 11) is 0. The van der Waals surface area contributed by atoms with Gasteiger partial charge in [0.05, 0.1) is 5.56 Å². The molecular weight excluding hydrogens is 308 g/mol. The summed E-state index contributed by atoms with van der Waals surface area (Å²) in [6, 6.07) is 9.42. The van der Waals surface area contributed by atoms with Crippen molar-refractivity contribution in [2.24, 2.45) is 0 Å². The third kappa shape index (κ3) is 4.49. The number of ether oxygens (including phenoxy) is 1. The van der Waals surface area contributed by atoms with Gasteiger partial charge in [-0.2, -0.15) is 0 Å². The van der Waals surface area contributed by atoms with Crippen LogP contribution < -0.4 is 5.32 Å². The number of aromatic amines is 1. The standard InChI is InChI=1S/C18H20N2O4/c1-12-15(20-13(2)16(12)17(21)22)9-6-10-19-18(23)24-11-14-7-4-3-5-8-14/h3-9,20H,10-11H2,1-2H3,(H,19,23)(H,21,22). The third-order valence-electron chi connectivity index (χ3n) is 3.55. The molecule has 2 rings (SSSR count). The number of alkyl carbamates (subject to hydrolysis) is 1. The van der Waals surface area contributed by atoms with Crippen LogP contribution in [0.2, 0.25) is 0 Å². The Kier molecular flexibility index (Phi) is 5.78. The number of aryl methyl sites for hydroxylation is 1. The van der Waals surface area contributed by atoms with Crippen LogP contribution in [0, 0.1) is 13.8 Å². The van der Waals surface area contributed by atoms with Gasteiger partial charge in [-0.05, 0) is 31.1 Å². The molecule has 6 nitrogen and oxygen atoms in total. The highest BCUT2D eigenvalue weighted by molar-refractivity contribution is 5.92. The van der Waals surface area contributed by atoms with E-state index in [1.807, 2.05) is 30.3 Å². The van der Waals surface area contributed by atoms with Crippen molar-refractivity contribution < 1.29 is 19.4 Å². The zero-order chi connectivity index (χ0) is 17.5. The number of benzene rings is 1. The fraction of sp³-hybridized carbons (Fsp3) is 0.222. The number of hydrogen-bond donors (Lipinski definition) is 3. The second kappa shape index (κ2) is 8.01. The Morgan fingerprint density at radius 2 is 1.96 bits per heavy atom. The highest BCUT2D eigenvalue weighted by Gasteiger charge is 2.15. The Morgan fingerprint density at radius 3 is 2.58 bits per heavy atom. The van der Waals surface area contributed by atoms with E-state index in [-0.39, 0.29) is 18.7 Å². The number of aromatic carboxylic acids is 1. The lowest BCUT2D eigenvalue weighted by Gasteiger charge is -2.05. The Bertz CT molecular complexity index is 748. The van der Waals surface area contributed by atoms with Crippen molar-refractivity contribution in [3.63, 3.8) is 0 Å². The van der Waals surface area contributed by atoms with Gasteiger partial charge in [-0.1, -0.05) is 36.4 Å². The summed E-state index contributed by atoms with van der Waals surface area (Å²) in [5.74, 6) is -0.955. The molecule has 126 valence electrons. The molecule has 1 aromatic carbocycles. The van der Waals surface area contributed by atoms with Crippen LogP contribution in [0.15, 0.2) is 36.4 Å². The summed E-state index contributed by atoms with van der Waals surface area (Å²) in [4.78, 5) is 25.8. The van der Waals surface area contributed by atoms with Crippen LogP contribution in [-0.4, -0.2) is 28.7 Å². The normalized spacial score (nSPS) is 10.8. The maximum absolute atomic E-state index is 11.6. The molecule has 0 spiro atoms. The van der Waals surface area contributed by atoms with Crippen LogP contribution >= 0.6 is 0 Å². The van der Waals surface area contributed by atoms with Crippen molar-refractivity contribution in [2.75, 3.05) is 6.54 Å². The van der Waals surface area contributed by atoms with Crippen LogP contribution in [-0.2, 0) is 11.3 Å². The summed E-state index contributed by atoms with van der Waals surface area (Å²) in [6.45, 7) is 3.96. The lowest BCUT2D eigenvalue weighted by molar-refractivity contribution is 0.0695. The van der Waals surface area contributed by atoms with Gasteiger partial charge in [0.25, 0.3) is 0 Å². The fourth-order valence-corrected chi connectivity index (χ4v) is 2.35. The Labute approximate surface area is 140 Å². The number of rotatable bonds is 6. The van der Waals surface area contributed by atoms with Crippen molar-refractivity contribution in [1.82, 2.24) is 10.3 Å². The molecule has 0 saturated carbocycles. The lowest BCUT2D eigenvalue weighted by atomic mass is 10.1. The van der Waals surface area contributed by atoms with Crippen LogP contribution in [0.25, 0.3) is 6.08 Å². The van der Waals surface area contributed by atoms with Gasteiger partial charge in [0, 0.05) is 17.9 Å². The quantitative estimate of drug-likeness (QED) is 0.759. The molecule has 0 unspecified atom stereocenters. The number of carbonyl (C=O) groups is 2. The number of carboxylic acids is 1. The van der Waals surface area contributed by atoms with Gasteiger partial charge in [-0.3, -0.25) is 0 Å². The van der Waals surface area contributed by atoms with Crippen molar-refractivity contribution >= 4 is 18.1 Å². The van der Waals surface area contributed by atoms with Crippen molar-refractivity contribution in [3.05, 3.63) is 64.5 Å². The SMILES string of the molecule is Cc1[nH]c(C=CCNC(=O)OCc2ccccc2)c(C)c1C(=O)O. The lowest BCUT2D eigenvalue weighted by Crippen LogP contribution is -2.24. The summed E-state index contributed by atoms with van der Waals surface area (Å²) < 4.78 is 5.09. The third-order valence-corrected chi connectivity index (χ3v) is 3.55. The highest BCUT2D eigenvalue weighted by atomic mass is 16.5. The number of aromatic nitrogens is 1. The highest BCUT2D eigenvalue weighted by Crippen LogP contribution is 2.18. The number of carboxylic acid groups (broad SMARTS) is 1.